The number of fused-ring (bicyclic) bond motifs is 1. The molecule has 2 heterocycles. The van der Waals surface area contributed by atoms with E-state index in [0.29, 0.717) is 30.9 Å². The number of aromatic nitrogens is 3. The van der Waals surface area contributed by atoms with Crippen molar-refractivity contribution in [2.75, 3.05) is 40.5 Å². The van der Waals surface area contributed by atoms with E-state index in [1.165, 1.54) is 0 Å². The second kappa shape index (κ2) is 7.69. The number of likely N-dealkylation sites (N-methyl/N-ethyl adjacent to an activating group) is 1. The van der Waals surface area contributed by atoms with E-state index in [1.54, 1.807) is 18.2 Å². The minimum Gasteiger partial charge on any atom is -0.379 e. The normalized spacial score (nSPS) is 21.3. The summed E-state index contributed by atoms with van der Waals surface area (Å²) in [5.41, 5.74) is 1.95. The van der Waals surface area contributed by atoms with E-state index in [1.807, 2.05) is 14.1 Å². The Kier molecular flexibility index (Phi) is 5.39. The van der Waals surface area contributed by atoms with Crippen molar-refractivity contribution >= 4 is 16.9 Å². The van der Waals surface area contributed by atoms with E-state index in [2.05, 4.69) is 25.6 Å². The van der Waals surface area contributed by atoms with Crippen LogP contribution in [0, 0.1) is 0 Å². The minimum atomic E-state index is -0.156. The number of benzene rings is 1. The van der Waals surface area contributed by atoms with Crippen molar-refractivity contribution < 1.29 is 14.3 Å². The molecule has 0 radical (unpaired) electrons. The summed E-state index contributed by atoms with van der Waals surface area (Å²) in [5.74, 6) is -0.156. The van der Waals surface area contributed by atoms with Crippen LogP contribution in [0.5, 0.6) is 0 Å². The van der Waals surface area contributed by atoms with Gasteiger partial charge < -0.3 is 19.7 Å². The number of ether oxygens (including phenoxy) is 2. The molecule has 8 nitrogen and oxygen atoms in total. The third kappa shape index (κ3) is 4.08. The van der Waals surface area contributed by atoms with Gasteiger partial charge in [-0.2, -0.15) is 15.4 Å². The van der Waals surface area contributed by atoms with Crippen molar-refractivity contribution in [3.63, 3.8) is 0 Å². The second-order valence-electron chi connectivity index (χ2n) is 6.18. The SMILES string of the molecule is CN(C)CCO[C@@H]1CCOC[C@@H]1NC(=O)c1ccc2n[nH]nc2c1. The minimum absolute atomic E-state index is 0.0292. The molecule has 0 bridgehead atoms. The molecule has 1 saturated heterocycles. The van der Waals surface area contributed by atoms with Gasteiger partial charge in [0.2, 0.25) is 0 Å². The lowest BCUT2D eigenvalue weighted by molar-refractivity contribution is -0.0561. The van der Waals surface area contributed by atoms with Gasteiger partial charge in [-0.3, -0.25) is 4.79 Å². The molecule has 0 spiro atoms. The molecule has 2 atom stereocenters. The molecule has 1 aromatic heterocycles. The molecule has 1 aromatic carbocycles. The van der Waals surface area contributed by atoms with Gasteiger partial charge in [0.15, 0.2) is 0 Å². The number of hydrogen-bond donors (Lipinski definition) is 2. The van der Waals surface area contributed by atoms with Crippen molar-refractivity contribution in [1.29, 1.82) is 0 Å². The molecule has 0 unspecified atom stereocenters. The maximum Gasteiger partial charge on any atom is 0.251 e. The Morgan fingerprint density at radius 1 is 1.42 bits per heavy atom. The van der Waals surface area contributed by atoms with Crippen LogP contribution in [0.25, 0.3) is 11.0 Å². The zero-order chi connectivity index (χ0) is 16.9. The summed E-state index contributed by atoms with van der Waals surface area (Å²) in [4.78, 5) is 14.6. The maximum absolute atomic E-state index is 12.5. The molecule has 1 aliphatic heterocycles. The lowest BCUT2D eigenvalue weighted by Gasteiger charge is -2.32. The molecule has 0 saturated carbocycles. The largest absolute Gasteiger partial charge is 0.379 e. The van der Waals surface area contributed by atoms with Crippen molar-refractivity contribution in [2.24, 2.45) is 0 Å². The van der Waals surface area contributed by atoms with Gasteiger partial charge in [-0.25, -0.2) is 0 Å². The molecule has 2 aromatic rings. The van der Waals surface area contributed by atoms with Crippen LogP contribution < -0.4 is 5.32 Å². The standard InChI is InChI=1S/C16H23N5O3/c1-21(2)6-8-24-15-5-7-23-10-14(15)17-16(22)11-3-4-12-13(9-11)19-20-18-12/h3-4,9,14-15H,5-8,10H2,1-2H3,(H,17,22)(H,18,19,20)/t14-,15+/m0/s1. The van der Waals surface area contributed by atoms with Crippen LogP contribution in [0.2, 0.25) is 0 Å². The molecule has 2 N–H and O–H groups in total. The quantitative estimate of drug-likeness (QED) is 0.796. The molecule has 1 aliphatic rings. The average Bonchev–Trinajstić information content (AvgIpc) is 3.03. The molecule has 8 heteroatoms. The zero-order valence-corrected chi connectivity index (χ0v) is 14.0. The third-order valence-corrected chi connectivity index (χ3v) is 4.06. The van der Waals surface area contributed by atoms with Gasteiger partial charge in [0.05, 0.1) is 25.4 Å². The molecule has 0 aliphatic carbocycles. The number of amides is 1. The van der Waals surface area contributed by atoms with Crippen molar-refractivity contribution in [1.82, 2.24) is 25.6 Å². The summed E-state index contributed by atoms with van der Waals surface area (Å²) >= 11 is 0. The topological polar surface area (TPSA) is 92.4 Å². The Bertz CT molecular complexity index is 687. The first-order valence-electron chi connectivity index (χ1n) is 8.09. The van der Waals surface area contributed by atoms with Gasteiger partial charge in [-0.05, 0) is 38.7 Å². The number of carbonyl (C=O) groups excluding carboxylic acids is 1. The molecule has 24 heavy (non-hydrogen) atoms. The van der Waals surface area contributed by atoms with E-state index in [9.17, 15) is 4.79 Å². The van der Waals surface area contributed by atoms with Crippen LogP contribution in [-0.2, 0) is 9.47 Å². The first kappa shape index (κ1) is 16.8. The highest BCUT2D eigenvalue weighted by Crippen LogP contribution is 2.14. The van der Waals surface area contributed by atoms with Crippen LogP contribution in [0.4, 0.5) is 0 Å². The van der Waals surface area contributed by atoms with E-state index in [0.717, 1.165) is 18.5 Å². The highest BCUT2D eigenvalue weighted by atomic mass is 16.5. The number of H-pyrrole nitrogens is 1. The lowest BCUT2D eigenvalue weighted by Crippen LogP contribution is -2.51. The fourth-order valence-electron chi connectivity index (χ4n) is 2.67. The molecular formula is C16H23N5O3. The van der Waals surface area contributed by atoms with E-state index < -0.39 is 0 Å². The van der Waals surface area contributed by atoms with Gasteiger partial charge in [0, 0.05) is 18.7 Å². The Balaban J connectivity index is 1.62. The molecule has 130 valence electrons. The summed E-state index contributed by atoms with van der Waals surface area (Å²) in [7, 11) is 4.01. The molecule has 1 amide bonds. The predicted octanol–water partition coefficient (Wildman–Crippen LogP) is 0.423. The summed E-state index contributed by atoms with van der Waals surface area (Å²) in [6.45, 7) is 2.60. The van der Waals surface area contributed by atoms with Crippen molar-refractivity contribution in [3.8, 4) is 0 Å². The molecule has 3 rings (SSSR count). The number of nitrogens with one attached hydrogen (secondary N) is 2. The number of carbonyl (C=O) groups is 1. The number of hydrogen-bond acceptors (Lipinski definition) is 6. The Labute approximate surface area is 140 Å². The smallest absolute Gasteiger partial charge is 0.251 e. The Hall–Kier alpha value is -2.03. The number of nitrogens with zero attached hydrogens (tertiary/aromatic N) is 3. The van der Waals surface area contributed by atoms with E-state index >= 15 is 0 Å². The fourth-order valence-corrected chi connectivity index (χ4v) is 2.67. The van der Waals surface area contributed by atoms with Crippen LogP contribution in [-0.4, -0.2) is 78.8 Å². The van der Waals surface area contributed by atoms with Crippen LogP contribution >= 0.6 is 0 Å². The maximum atomic E-state index is 12.5. The van der Waals surface area contributed by atoms with Crippen LogP contribution in [0.3, 0.4) is 0 Å². The third-order valence-electron chi connectivity index (χ3n) is 4.06. The average molecular weight is 333 g/mol. The zero-order valence-electron chi connectivity index (χ0n) is 14.0. The predicted molar refractivity (Wildman–Crippen MR) is 88.9 cm³/mol. The van der Waals surface area contributed by atoms with Gasteiger partial charge in [0.25, 0.3) is 5.91 Å². The van der Waals surface area contributed by atoms with Crippen LogP contribution in [0.15, 0.2) is 18.2 Å². The van der Waals surface area contributed by atoms with Crippen molar-refractivity contribution in [2.45, 2.75) is 18.6 Å². The Morgan fingerprint density at radius 2 is 2.25 bits per heavy atom. The van der Waals surface area contributed by atoms with E-state index in [4.69, 9.17) is 9.47 Å². The molecule has 1 fully saturated rings. The lowest BCUT2D eigenvalue weighted by atomic mass is 10.1. The summed E-state index contributed by atoms with van der Waals surface area (Å²) in [5, 5.41) is 13.6. The van der Waals surface area contributed by atoms with Gasteiger partial charge >= 0.3 is 0 Å². The summed E-state index contributed by atoms with van der Waals surface area (Å²) in [6.07, 6.45) is 0.749. The first-order chi connectivity index (χ1) is 11.6. The van der Waals surface area contributed by atoms with Crippen LogP contribution in [0.1, 0.15) is 16.8 Å². The summed E-state index contributed by atoms with van der Waals surface area (Å²) < 4.78 is 11.4. The van der Waals surface area contributed by atoms with Gasteiger partial charge in [0.1, 0.15) is 11.0 Å². The number of aromatic amines is 1. The molecular weight excluding hydrogens is 310 g/mol. The highest BCUT2D eigenvalue weighted by Gasteiger charge is 2.28. The van der Waals surface area contributed by atoms with E-state index in [-0.39, 0.29) is 18.1 Å². The van der Waals surface area contributed by atoms with Gasteiger partial charge in [-0.15, -0.1) is 0 Å². The summed E-state index contributed by atoms with van der Waals surface area (Å²) in [6, 6.07) is 5.09. The first-order valence-corrected chi connectivity index (χ1v) is 8.09. The second-order valence-corrected chi connectivity index (χ2v) is 6.18. The van der Waals surface area contributed by atoms with Crippen molar-refractivity contribution in [3.05, 3.63) is 23.8 Å². The fraction of sp³-hybridized carbons (Fsp3) is 0.562. The highest BCUT2D eigenvalue weighted by molar-refractivity contribution is 5.97. The van der Waals surface area contributed by atoms with Gasteiger partial charge in [-0.1, -0.05) is 0 Å². The number of rotatable bonds is 6. The Morgan fingerprint density at radius 3 is 3.08 bits per heavy atom. The monoisotopic (exact) mass is 333 g/mol.